The standard InChI is InChI=1S/C17H25ClN4O/c18-16-5-4-15(12-19-16)13-20-8-10-21(11-9-20)14-17(23)22-6-2-1-3-7-22/h4-5,12H,1-3,6-11,13-14H2. The van der Waals surface area contributed by atoms with E-state index in [1.807, 2.05) is 23.2 Å². The number of hydrogen-bond acceptors (Lipinski definition) is 4. The molecule has 23 heavy (non-hydrogen) atoms. The Labute approximate surface area is 143 Å². The van der Waals surface area contributed by atoms with Gasteiger partial charge in [-0.3, -0.25) is 14.6 Å². The Morgan fingerprint density at radius 3 is 2.35 bits per heavy atom. The minimum Gasteiger partial charge on any atom is -0.342 e. The van der Waals surface area contributed by atoms with Crippen molar-refractivity contribution in [2.45, 2.75) is 25.8 Å². The van der Waals surface area contributed by atoms with Crippen molar-refractivity contribution < 1.29 is 4.79 Å². The molecule has 0 bridgehead atoms. The normalized spacial score (nSPS) is 20.7. The van der Waals surface area contributed by atoms with E-state index in [1.165, 1.54) is 12.0 Å². The number of halogens is 1. The summed E-state index contributed by atoms with van der Waals surface area (Å²) in [6.45, 7) is 7.28. The van der Waals surface area contributed by atoms with Crippen molar-refractivity contribution in [2.24, 2.45) is 0 Å². The van der Waals surface area contributed by atoms with Gasteiger partial charge in [0, 0.05) is 52.0 Å². The van der Waals surface area contributed by atoms with Gasteiger partial charge >= 0.3 is 0 Å². The van der Waals surface area contributed by atoms with Crippen LogP contribution in [-0.2, 0) is 11.3 Å². The summed E-state index contributed by atoms with van der Waals surface area (Å²) in [5, 5.41) is 0.537. The van der Waals surface area contributed by atoms with Crippen LogP contribution in [0, 0.1) is 0 Å². The van der Waals surface area contributed by atoms with E-state index < -0.39 is 0 Å². The van der Waals surface area contributed by atoms with Crippen LogP contribution in [0.25, 0.3) is 0 Å². The topological polar surface area (TPSA) is 39.7 Å². The Balaban J connectivity index is 1.41. The van der Waals surface area contributed by atoms with Gasteiger partial charge in [0.1, 0.15) is 5.15 Å². The molecule has 1 aromatic rings. The highest BCUT2D eigenvalue weighted by Gasteiger charge is 2.22. The highest BCUT2D eigenvalue weighted by atomic mass is 35.5. The molecule has 0 unspecified atom stereocenters. The number of carbonyl (C=O) groups excluding carboxylic acids is 1. The monoisotopic (exact) mass is 336 g/mol. The van der Waals surface area contributed by atoms with Crippen LogP contribution in [0.5, 0.6) is 0 Å². The molecule has 2 aliphatic rings. The molecule has 0 radical (unpaired) electrons. The van der Waals surface area contributed by atoms with Crippen LogP contribution in [0.1, 0.15) is 24.8 Å². The van der Waals surface area contributed by atoms with Crippen molar-refractivity contribution in [3.05, 3.63) is 29.0 Å². The Kier molecular flexibility index (Phi) is 5.86. The molecular formula is C17H25ClN4O. The second kappa shape index (κ2) is 8.08. The van der Waals surface area contributed by atoms with Crippen LogP contribution in [0.2, 0.25) is 5.15 Å². The number of aromatic nitrogens is 1. The molecule has 0 spiro atoms. The predicted molar refractivity (Wildman–Crippen MR) is 91.4 cm³/mol. The number of piperazine rings is 1. The summed E-state index contributed by atoms with van der Waals surface area (Å²) in [5.41, 5.74) is 1.19. The first-order valence-corrected chi connectivity index (χ1v) is 8.91. The maximum atomic E-state index is 12.3. The molecule has 0 atom stereocenters. The first-order chi connectivity index (χ1) is 11.2. The Morgan fingerprint density at radius 2 is 1.70 bits per heavy atom. The first-order valence-electron chi connectivity index (χ1n) is 8.53. The second-order valence-electron chi connectivity index (χ2n) is 6.48. The fourth-order valence-electron chi connectivity index (χ4n) is 3.30. The third kappa shape index (κ3) is 4.90. The maximum absolute atomic E-state index is 12.3. The zero-order valence-electron chi connectivity index (χ0n) is 13.6. The van der Waals surface area contributed by atoms with Crippen molar-refractivity contribution in [1.82, 2.24) is 19.7 Å². The lowest BCUT2D eigenvalue weighted by atomic mass is 10.1. The number of pyridine rings is 1. The summed E-state index contributed by atoms with van der Waals surface area (Å²) in [6, 6.07) is 3.87. The third-order valence-corrected chi connectivity index (χ3v) is 4.95. The summed E-state index contributed by atoms with van der Waals surface area (Å²) in [6.07, 6.45) is 5.43. The lowest BCUT2D eigenvalue weighted by molar-refractivity contribution is -0.133. The Morgan fingerprint density at radius 1 is 1.00 bits per heavy atom. The molecule has 6 heteroatoms. The molecule has 0 aliphatic carbocycles. The van der Waals surface area contributed by atoms with Crippen molar-refractivity contribution in [3.63, 3.8) is 0 Å². The van der Waals surface area contributed by atoms with Crippen LogP contribution in [0.15, 0.2) is 18.3 Å². The summed E-state index contributed by atoms with van der Waals surface area (Å²) in [7, 11) is 0. The first kappa shape index (κ1) is 16.7. The molecule has 0 N–H and O–H groups in total. The van der Waals surface area contributed by atoms with Gasteiger partial charge in [-0.2, -0.15) is 0 Å². The van der Waals surface area contributed by atoms with Gasteiger partial charge in [-0.15, -0.1) is 0 Å². The zero-order chi connectivity index (χ0) is 16.1. The number of amides is 1. The van der Waals surface area contributed by atoms with Gasteiger partial charge in [-0.1, -0.05) is 17.7 Å². The smallest absolute Gasteiger partial charge is 0.236 e. The van der Waals surface area contributed by atoms with Crippen LogP contribution >= 0.6 is 11.6 Å². The average molecular weight is 337 g/mol. The Bertz CT molecular complexity index is 508. The molecule has 1 aromatic heterocycles. The van der Waals surface area contributed by atoms with Crippen molar-refractivity contribution in [3.8, 4) is 0 Å². The summed E-state index contributed by atoms with van der Waals surface area (Å²) in [5.74, 6) is 0.306. The predicted octanol–water partition coefficient (Wildman–Crippen LogP) is 1.87. The lowest BCUT2D eigenvalue weighted by Crippen LogP contribution is -2.50. The van der Waals surface area contributed by atoms with Crippen LogP contribution in [-0.4, -0.2) is 71.4 Å². The van der Waals surface area contributed by atoms with Crippen LogP contribution in [0.4, 0.5) is 0 Å². The van der Waals surface area contributed by atoms with Gasteiger partial charge < -0.3 is 4.90 Å². The maximum Gasteiger partial charge on any atom is 0.236 e. The van der Waals surface area contributed by atoms with Crippen molar-refractivity contribution in [2.75, 3.05) is 45.8 Å². The molecule has 126 valence electrons. The third-order valence-electron chi connectivity index (χ3n) is 4.73. The van der Waals surface area contributed by atoms with E-state index in [2.05, 4.69) is 14.8 Å². The summed E-state index contributed by atoms with van der Waals surface area (Å²) < 4.78 is 0. The van der Waals surface area contributed by atoms with Crippen molar-refractivity contribution >= 4 is 17.5 Å². The number of nitrogens with zero attached hydrogens (tertiary/aromatic N) is 4. The van der Waals surface area contributed by atoms with Crippen molar-refractivity contribution in [1.29, 1.82) is 0 Å². The quantitative estimate of drug-likeness (QED) is 0.787. The number of hydrogen-bond donors (Lipinski definition) is 0. The fourth-order valence-corrected chi connectivity index (χ4v) is 3.41. The highest BCUT2D eigenvalue weighted by molar-refractivity contribution is 6.29. The van der Waals surface area contributed by atoms with E-state index >= 15 is 0 Å². The van der Waals surface area contributed by atoms with E-state index in [-0.39, 0.29) is 0 Å². The van der Waals surface area contributed by atoms with Gasteiger partial charge in [0.05, 0.1) is 6.54 Å². The minimum absolute atomic E-state index is 0.306. The number of piperidine rings is 1. The summed E-state index contributed by atoms with van der Waals surface area (Å²) >= 11 is 5.82. The number of carbonyl (C=O) groups is 1. The fraction of sp³-hybridized carbons (Fsp3) is 0.647. The molecule has 0 saturated carbocycles. The average Bonchev–Trinajstić information content (AvgIpc) is 2.59. The largest absolute Gasteiger partial charge is 0.342 e. The van der Waals surface area contributed by atoms with Crippen LogP contribution in [0.3, 0.4) is 0 Å². The molecule has 1 amide bonds. The van der Waals surface area contributed by atoms with E-state index in [0.717, 1.165) is 58.7 Å². The minimum atomic E-state index is 0.306. The zero-order valence-corrected chi connectivity index (χ0v) is 14.3. The molecule has 3 rings (SSSR count). The van der Waals surface area contributed by atoms with E-state index in [9.17, 15) is 4.79 Å². The molecular weight excluding hydrogens is 312 g/mol. The molecule has 0 aromatic carbocycles. The molecule has 2 aliphatic heterocycles. The SMILES string of the molecule is O=C(CN1CCN(Cc2ccc(Cl)nc2)CC1)N1CCCCC1. The Hall–Kier alpha value is -1.17. The second-order valence-corrected chi connectivity index (χ2v) is 6.87. The van der Waals surface area contributed by atoms with Gasteiger partial charge in [0.2, 0.25) is 5.91 Å². The molecule has 2 saturated heterocycles. The van der Waals surface area contributed by atoms with Crippen LogP contribution < -0.4 is 0 Å². The van der Waals surface area contributed by atoms with E-state index in [1.54, 1.807) is 0 Å². The van der Waals surface area contributed by atoms with Gasteiger partial charge in [-0.25, -0.2) is 4.98 Å². The van der Waals surface area contributed by atoms with E-state index in [0.29, 0.717) is 17.6 Å². The molecule has 3 heterocycles. The lowest BCUT2D eigenvalue weighted by Gasteiger charge is -2.36. The molecule has 5 nitrogen and oxygen atoms in total. The van der Waals surface area contributed by atoms with Gasteiger partial charge in [-0.05, 0) is 30.9 Å². The summed E-state index contributed by atoms with van der Waals surface area (Å²) in [4.78, 5) is 23.2. The number of likely N-dealkylation sites (tertiary alicyclic amines) is 1. The number of rotatable bonds is 4. The van der Waals surface area contributed by atoms with Gasteiger partial charge in [0.15, 0.2) is 0 Å². The highest BCUT2D eigenvalue weighted by Crippen LogP contribution is 2.12. The van der Waals surface area contributed by atoms with E-state index in [4.69, 9.17) is 11.6 Å². The molecule has 2 fully saturated rings. The van der Waals surface area contributed by atoms with Gasteiger partial charge in [0.25, 0.3) is 0 Å².